The molecule has 1 amide bonds. The van der Waals surface area contributed by atoms with Crippen molar-refractivity contribution < 1.29 is 22.4 Å². The first-order valence-corrected chi connectivity index (χ1v) is 6.06. The van der Waals surface area contributed by atoms with E-state index in [9.17, 15) is 22.4 Å². The van der Waals surface area contributed by atoms with Crippen molar-refractivity contribution >= 4 is 5.91 Å². The van der Waals surface area contributed by atoms with Crippen LogP contribution in [0.3, 0.4) is 0 Å². The Morgan fingerprint density at radius 1 is 1.35 bits per heavy atom. The van der Waals surface area contributed by atoms with Gasteiger partial charge in [-0.05, 0) is 24.6 Å². The van der Waals surface area contributed by atoms with Crippen LogP contribution in [-0.2, 0) is 17.5 Å². The van der Waals surface area contributed by atoms with Crippen molar-refractivity contribution in [2.45, 2.75) is 19.6 Å². The number of carbonyl (C=O) groups excluding carboxylic acids is 1. The number of nitrogens with zero attached hydrogens (tertiary/aromatic N) is 1. The molecule has 0 spiro atoms. The van der Waals surface area contributed by atoms with Crippen LogP contribution in [-0.4, -0.2) is 30.9 Å². The van der Waals surface area contributed by atoms with E-state index in [1.54, 1.807) is 14.0 Å². The molecule has 0 aromatic heterocycles. The van der Waals surface area contributed by atoms with Gasteiger partial charge in [-0.1, -0.05) is 6.07 Å². The molecule has 0 atom stereocenters. The number of carbonyl (C=O) groups is 1. The van der Waals surface area contributed by atoms with Crippen molar-refractivity contribution in [2.24, 2.45) is 0 Å². The van der Waals surface area contributed by atoms with Gasteiger partial charge in [-0.3, -0.25) is 4.79 Å². The summed E-state index contributed by atoms with van der Waals surface area (Å²) in [6.07, 6.45) is -4.62. The lowest BCUT2D eigenvalue weighted by Gasteiger charge is -2.16. The van der Waals surface area contributed by atoms with Gasteiger partial charge in [0.25, 0.3) is 0 Å². The van der Waals surface area contributed by atoms with E-state index in [0.29, 0.717) is 12.6 Å². The molecule has 0 bridgehead atoms. The van der Waals surface area contributed by atoms with E-state index in [1.807, 2.05) is 0 Å². The molecule has 0 radical (unpaired) electrons. The second-order valence-electron chi connectivity index (χ2n) is 4.31. The van der Waals surface area contributed by atoms with E-state index in [4.69, 9.17) is 0 Å². The van der Waals surface area contributed by atoms with Crippen molar-refractivity contribution in [1.82, 2.24) is 10.2 Å². The molecule has 0 heterocycles. The Labute approximate surface area is 114 Å². The zero-order valence-corrected chi connectivity index (χ0v) is 11.2. The maximum Gasteiger partial charge on any atom is 0.416 e. The Hall–Kier alpha value is -1.63. The van der Waals surface area contributed by atoms with E-state index in [2.05, 4.69) is 5.32 Å². The summed E-state index contributed by atoms with van der Waals surface area (Å²) in [5, 5.41) is 2.63. The summed E-state index contributed by atoms with van der Waals surface area (Å²) >= 11 is 0. The lowest BCUT2D eigenvalue weighted by molar-refractivity contribution is -0.138. The SMILES string of the molecule is CCN(C)C(=O)CNCc1ccc(F)cc1C(F)(F)F. The molecule has 1 N–H and O–H groups in total. The molecule has 0 fully saturated rings. The van der Waals surface area contributed by atoms with Crippen LogP contribution in [0.4, 0.5) is 17.6 Å². The first kappa shape index (κ1) is 16.4. The highest BCUT2D eigenvalue weighted by Crippen LogP contribution is 2.32. The van der Waals surface area contributed by atoms with Gasteiger partial charge in [0.05, 0.1) is 12.1 Å². The molecule has 0 unspecified atom stereocenters. The average Bonchev–Trinajstić information content (AvgIpc) is 2.38. The highest BCUT2D eigenvalue weighted by molar-refractivity contribution is 5.77. The number of amides is 1. The van der Waals surface area contributed by atoms with E-state index in [1.165, 1.54) is 4.90 Å². The first-order chi connectivity index (χ1) is 9.25. The molecule has 112 valence electrons. The van der Waals surface area contributed by atoms with Gasteiger partial charge in [0.1, 0.15) is 5.82 Å². The third-order valence-electron chi connectivity index (χ3n) is 2.87. The van der Waals surface area contributed by atoms with E-state index >= 15 is 0 Å². The number of likely N-dealkylation sites (N-methyl/N-ethyl adjacent to an activating group) is 1. The van der Waals surface area contributed by atoms with Crippen LogP contribution in [0, 0.1) is 5.82 Å². The van der Waals surface area contributed by atoms with Gasteiger partial charge in [-0.2, -0.15) is 13.2 Å². The van der Waals surface area contributed by atoms with Crippen molar-refractivity contribution in [3.63, 3.8) is 0 Å². The largest absolute Gasteiger partial charge is 0.416 e. The Morgan fingerprint density at radius 3 is 2.55 bits per heavy atom. The minimum atomic E-state index is -4.62. The number of alkyl halides is 3. The minimum absolute atomic E-state index is 0.0704. The molecule has 0 aliphatic rings. The summed E-state index contributed by atoms with van der Waals surface area (Å²) in [7, 11) is 1.60. The van der Waals surface area contributed by atoms with Crippen molar-refractivity contribution in [3.05, 3.63) is 35.1 Å². The molecule has 0 aliphatic heterocycles. The van der Waals surface area contributed by atoms with Gasteiger partial charge < -0.3 is 10.2 Å². The van der Waals surface area contributed by atoms with Crippen LogP contribution in [0.2, 0.25) is 0 Å². The van der Waals surface area contributed by atoms with Gasteiger partial charge in [0.2, 0.25) is 5.91 Å². The van der Waals surface area contributed by atoms with Gasteiger partial charge >= 0.3 is 6.18 Å². The fourth-order valence-electron chi connectivity index (χ4n) is 1.58. The summed E-state index contributed by atoms with van der Waals surface area (Å²) in [6, 6.07) is 2.49. The van der Waals surface area contributed by atoms with E-state index in [-0.39, 0.29) is 24.6 Å². The summed E-state index contributed by atoms with van der Waals surface area (Å²) in [4.78, 5) is 12.9. The molecule has 1 aromatic carbocycles. The van der Waals surface area contributed by atoms with Crippen LogP contribution < -0.4 is 5.32 Å². The number of nitrogens with one attached hydrogen (secondary N) is 1. The average molecular weight is 292 g/mol. The third kappa shape index (κ3) is 4.48. The Morgan fingerprint density at radius 2 is 2.00 bits per heavy atom. The zero-order valence-electron chi connectivity index (χ0n) is 11.2. The van der Waals surface area contributed by atoms with Gasteiger partial charge in [0, 0.05) is 20.1 Å². The van der Waals surface area contributed by atoms with Crippen LogP contribution in [0.5, 0.6) is 0 Å². The van der Waals surface area contributed by atoms with Gasteiger partial charge in [-0.25, -0.2) is 4.39 Å². The summed E-state index contributed by atoms with van der Waals surface area (Å²) in [5.41, 5.74) is -1.12. The van der Waals surface area contributed by atoms with Crippen LogP contribution >= 0.6 is 0 Å². The topological polar surface area (TPSA) is 32.3 Å². The highest BCUT2D eigenvalue weighted by Gasteiger charge is 2.33. The van der Waals surface area contributed by atoms with Crippen LogP contribution in [0.25, 0.3) is 0 Å². The number of hydrogen-bond acceptors (Lipinski definition) is 2. The Bertz CT molecular complexity index is 474. The van der Waals surface area contributed by atoms with Crippen LogP contribution in [0.15, 0.2) is 18.2 Å². The number of rotatable bonds is 5. The standard InChI is InChI=1S/C13H16F4N2O/c1-3-19(2)12(20)8-18-7-9-4-5-10(14)6-11(9)13(15,16)17/h4-6,18H,3,7-8H2,1-2H3. The molecule has 7 heteroatoms. The van der Waals surface area contributed by atoms with Crippen molar-refractivity contribution in [3.8, 4) is 0 Å². The predicted molar refractivity (Wildman–Crippen MR) is 66.4 cm³/mol. The predicted octanol–water partition coefficient (Wildman–Crippen LogP) is 2.41. The first-order valence-electron chi connectivity index (χ1n) is 6.06. The normalized spacial score (nSPS) is 11.5. The quantitative estimate of drug-likeness (QED) is 0.845. The maximum atomic E-state index is 12.9. The molecule has 3 nitrogen and oxygen atoms in total. The van der Waals surface area contributed by atoms with Gasteiger partial charge in [0.15, 0.2) is 0 Å². The molecular weight excluding hydrogens is 276 g/mol. The summed E-state index contributed by atoms with van der Waals surface area (Å²) in [6.45, 7) is 2.09. The van der Waals surface area contributed by atoms with Crippen LogP contribution in [0.1, 0.15) is 18.1 Å². The second-order valence-corrected chi connectivity index (χ2v) is 4.31. The lowest BCUT2D eigenvalue weighted by atomic mass is 10.1. The molecule has 1 rings (SSSR count). The molecule has 20 heavy (non-hydrogen) atoms. The third-order valence-corrected chi connectivity index (χ3v) is 2.87. The van der Waals surface area contributed by atoms with Gasteiger partial charge in [-0.15, -0.1) is 0 Å². The Kier molecular flexibility index (Phi) is 5.50. The smallest absolute Gasteiger partial charge is 0.345 e. The van der Waals surface area contributed by atoms with E-state index in [0.717, 1.165) is 12.1 Å². The summed E-state index contributed by atoms with van der Waals surface area (Å²) < 4.78 is 51.1. The maximum absolute atomic E-state index is 12.9. The number of hydrogen-bond donors (Lipinski definition) is 1. The van der Waals surface area contributed by atoms with Crippen molar-refractivity contribution in [2.75, 3.05) is 20.1 Å². The van der Waals surface area contributed by atoms with E-state index < -0.39 is 17.6 Å². The monoisotopic (exact) mass is 292 g/mol. The molecule has 1 aromatic rings. The second kappa shape index (κ2) is 6.69. The highest BCUT2D eigenvalue weighted by atomic mass is 19.4. The fourth-order valence-corrected chi connectivity index (χ4v) is 1.58. The number of benzene rings is 1. The zero-order chi connectivity index (χ0) is 15.3. The summed E-state index contributed by atoms with van der Waals surface area (Å²) in [5.74, 6) is -1.16. The molecule has 0 aliphatic carbocycles. The number of halogens is 4. The van der Waals surface area contributed by atoms with Crippen molar-refractivity contribution in [1.29, 1.82) is 0 Å². The fraction of sp³-hybridized carbons (Fsp3) is 0.462. The molecular formula is C13H16F4N2O. The molecule has 0 saturated heterocycles. The Balaban J connectivity index is 2.72. The minimum Gasteiger partial charge on any atom is -0.345 e. The lowest BCUT2D eigenvalue weighted by Crippen LogP contribution is -2.35. The molecule has 0 saturated carbocycles.